The second kappa shape index (κ2) is 6.60. The van der Waals surface area contributed by atoms with Crippen LogP contribution in [0.5, 0.6) is 5.75 Å². The van der Waals surface area contributed by atoms with Crippen molar-refractivity contribution in [2.45, 2.75) is 18.3 Å². The van der Waals surface area contributed by atoms with E-state index < -0.39 is 51.4 Å². The second-order valence-electron chi connectivity index (χ2n) is 6.46. The first-order valence-corrected chi connectivity index (χ1v) is 9.84. The fourth-order valence-electron chi connectivity index (χ4n) is 3.61. The average Bonchev–Trinajstić information content (AvgIpc) is 3.10. The van der Waals surface area contributed by atoms with Gasteiger partial charge in [-0.1, -0.05) is 54.6 Å². The maximum absolute atomic E-state index is 14.5. The lowest BCUT2D eigenvalue weighted by molar-refractivity contribution is -0.209. The Morgan fingerprint density at radius 2 is 1.76 bits per heavy atom. The van der Waals surface area contributed by atoms with E-state index in [1.165, 1.54) is 12.1 Å². The zero-order valence-corrected chi connectivity index (χ0v) is 15.5. The number of nitrogens with zero attached hydrogens (tertiary/aromatic N) is 1. The third kappa shape index (κ3) is 2.90. The van der Waals surface area contributed by atoms with Crippen LogP contribution in [0, 0.1) is 0 Å². The van der Waals surface area contributed by atoms with Gasteiger partial charge in [-0.3, -0.25) is 0 Å². The smallest absolute Gasteiger partial charge is 0.416 e. The minimum Gasteiger partial charge on any atom is -0.457 e. The van der Waals surface area contributed by atoms with E-state index in [0.717, 1.165) is 18.2 Å². The molecule has 0 aliphatic carbocycles. The highest BCUT2D eigenvalue weighted by Crippen LogP contribution is 2.57. The van der Waals surface area contributed by atoms with Crippen LogP contribution in [-0.2, 0) is 32.0 Å². The van der Waals surface area contributed by atoms with Crippen molar-refractivity contribution in [2.24, 2.45) is 0 Å². The van der Waals surface area contributed by atoms with E-state index in [0.29, 0.717) is 5.56 Å². The van der Waals surface area contributed by atoms with Gasteiger partial charge >= 0.3 is 22.4 Å². The fourth-order valence-corrected chi connectivity index (χ4v) is 4.96. The van der Waals surface area contributed by atoms with Gasteiger partial charge in [0.25, 0.3) is 0 Å². The van der Waals surface area contributed by atoms with Crippen LogP contribution in [0.15, 0.2) is 66.2 Å². The molecule has 6 nitrogen and oxygen atoms in total. The van der Waals surface area contributed by atoms with Crippen molar-refractivity contribution < 1.29 is 35.3 Å². The van der Waals surface area contributed by atoms with Gasteiger partial charge in [0, 0.05) is 12.1 Å². The number of para-hydroxylation sites is 1. The Balaban J connectivity index is 1.81. The molecule has 29 heavy (non-hydrogen) atoms. The minimum atomic E-state index is -5.14. The molecule has 2 aliphatic heterocycles. The molecule has 0 spiro atoms. The molecule has 4 rings (SSSR count). The highest BCUT2D eigenvalue weighted by molar-refractivity contribution is 7.84. The largest absolute Gasteiger partial charge is 0.457 e. The first kappa shape index (κ1) is 19.5. The number of ether oxygens (including phenoxy) is 1. The van der Waals surface area contributed by atoms with Crippen LogP contribution in [-0.4, -0.2) is 31.4 Å². The van der Waals surface area contributed by atoms with Crippen LogP contribution in [0.3, 0.4) is 0 Å². The Labute approximate surface area is 164 Å². The van der Waals surface area contributed by atoms with Crippen LogP contribution >= 0.6 is 0 Å². The van der Waals surface area contributed by atoms with Crippen molar-refractivity contribution in [1.82, 2.24) is 4.31 Å². The van der Waals surface area contributed by atoms with Crippen LogP contribution in [0.1, 0.15) is 11.1 Å². The maximum atomic E-state index is 14.5. The number of carbonyl (C=O) groups is 1. The third-order valence-electron chi connectivity index (χ3n) is 4.81. The summed E-state index contributed by atoms with van der Waals surface area (Å²) in [6.07, 6.45) is -4.22. The van der Waals surface area contributed by atoms with Gasteiger partial charge in [0.2, 0.25) is 0 Å². The fraction of sp³-hybridized carbons (Fsp3) is 0.211. The number of carbonyl (C=O) groups excluding carboxylic acids is 1. The van der Waals surface area contributed by atoms with E-state index in [1.54, 1.807) is 30.3 Å². The van der Waals surface area contributed by atoms with Gasteiger partial charge in [-0.2, -0.15) is 21.6 Å². The van der Waals surface area contributed by atoms with Gasteiger partial charge in [-0.15, -0.1) is 4.31 Å². The van der Waals surface area contributed by atoms with Crippen LogP contribution < -0.4 is 4.18 Å². The molecule has 1 unspecified atom stereocenters. The van der Waals surface area contributed by atoms with E-state index in [2.05, 4.69) is 0 Å². The number of hydrogen-bond donors (Lipinski definition) is 0. The lowest BCUT2D eigenvalue weighted by Gasteiger charge is -2.43. The highest BCUT2D eigenvalue weighted by atomic mass is 32.2. The van der Waals surface area contributed by atoms with Crippen LogP contribution in [0.2, 0.25) is 0 Å². The SMILES string of the molecule is O=C(OCc1ccccc1)C1=CCN2C1(C(F)(F)F)c1ccccc1OS2(=O)=O. The molecular weight excluding hydrogens is 411 g/mol. The maximum Gasteiger partial charge on any atom is 0.416 e. The summed E-state index contributed by atoms with van der Waals surface area (Å²) in [5, 5.41) is 0. The highest BCUT2D eigenvalue weighted by Gasteiger charge is 2.72. The Bertz CT molecular complexity index is 1100. The van der Waals surface area contributed by atoms with E-state index in [4.69, 9.17) is 8.92 Å². The summed E-state index contributed by atoms with van der Waals surface area (Å²) in [5.41, 5.74) is -3.92. The molecule has 2 aromatic rings. The number of esters is 1. The van der Waals surface area contributed by atoms with Gasteiger partial charge < -0.3 is 8.92 Å². The number of hydrogen-bond acceptors (Lipinski definition) is 5. The molecule has 0 bridgehead atoms. The van der Waals surface area contributed by atoms with E-state index in [1.807, 2.05) is 0 Å². The Morgan fingerprint density at radius 3 is 2.45 bits per heavy atom. The molecule has 0 aromatic heterocycles. The molecule has 0 radical (unpaired) electrons. The number of benzene rings is 2. The topological polar surface area (TPSA) is 72.9 Å². The van der Waals surface area contributed by atoms with E-state index >= 15 is 0 Å². The molecule has 2 aromatic carbocycles. The minimum absolute atomic E-state index is 0.140. The summed E-state index contributed by atoms with van der Waals surface area (Å²) < 4.78 is 78.4. The first-order chi connectivity index (χ1) is 13.7. The molecule has 0 N–H and O–H groups in total. The predicted octanol–water partition coefficient (Wildman–Crippen LogP) is 3.07. The first-order valence-electron chi connectivity index (χ1n) is 8.48. The summed E-state index contributed by atoms with van der Waals surface area (Å²) in [7, 11) is -4.80. The molecule has 2 aliphatic rings. The van der Waals surface area contributed by atoms with Crippen molar-refractivity contribution in [3.05, 3.63) is 77.4 Å². The van der Waals surface area contributed by atoms with Crippen molar-refractivity contribution in [1.29, 1.82) is 0 Å². The molecule has 1 atom stereocenters. The lowest BCUT2D eigenvalue weighted by Crippen LogP contribution is -2.60. The number of fused-ring (bicyclic) bond motifs is 3. The van der Waals surface area contributed by atoms with Gasteiger partial charge in [-0.05, 0) is 11.6 Å². The predicted molar refractivity (Wildman–Crippen MR) is 94.7 cm³/mol. The van der Waals surface area contributed by atoms with Crippen molar-refractivity contribution in [2.75, 3.05) is 6.54 Å². The quantitative estimate of drug-likeness (QED) is 0.707. The molecule has 0 fully saturated rings. The van der Waals surface area contributed by atoms with Gasteiger partial charge in [-0.25, -0.2) is 4.79 Å². The summed E-state index contributed by atoms with van der Waals surface area (Å²) in [5.74, 6) is -1.73. The molecule has 2 heterocycles. The van der Waals surface area contributed by atoms with E-state index in [9.17, 15) is 26.4 Å². The monoisotopic (exact) mass is 425 g/mol. The Hall–Kier alpha value is -2.85. The summed E-state index contributed by atoms with van der Waals surface area (Å²) in [6.45, 7) is -0.929. The van der Waals surface area contributed by atoms with Crippen LogP contribution in [0.25, 0.3) is 0 Å². The zero-order chi connectivity index (χ0) is 20.9. The molecular formula is C19H14F3NO5S. The van der Waals surface area contributed by atoms with Crippen molar-refractivity contribution in [3.8, 4) is 5.75 Å². The van der Waals surface area contributed by atoms with Gasteiger partial charge in [0.15, 0.2) is 5.54 Å². The zero-order valence-electron chi connectivity index (χ0n) is 14.7. The second-order valence-corrected chi connectivity index (χ2v) is 7.92. The number of alkyl halides is 3. The lowest BCUT2D eigenvalue weighted by atomic mass is 9.82. The molecule has 10 heteroatoms. The molecule has 0 saturated heterocycles. The molecule has 0 saturated carbocycles. The third-order valence-corrected chi connectivity index (χ3v) is 6.16. The number of rotatable bonds is 3. The van der Waals surface area contributed by atoms with Crippen molar-refractivity contribution >= 4 is 16.3 Å². The Kier molecular flexibility index (Phi) is 4.43. The molecule has 0 amide bonds. The standard InChI is InChI=1S/C19H14F3NO5S/c20-19(21,22)18-14-8-4-5-9-16(14)28-29(25,26)23(18)11-10-15(18)17(24)27-12-13-6-2-1-3-7-13/h1-10H,11-12H2. The summed E-state index contributed by atoms with van der Waals surface area (Å²) in [6, 6.07) is 13.3. The molecule has 152 valence electrons. The van der Waals surface area contributed by atoms with Gasteiger partial charge in [0.05, 0.1) is 5.57 Å². The average molecular weight is 425 g/mol. The van der Waals surface area contributed by atoms with Crippen LogP contribution in [0.4, 0.5) is 13.2 Å². The summed E-state index contributed by atoms with van der Waals surface area (Å²) in [4.78, 5) is 12.7. The summed E-state index contributed by atoms with van der Waals surface area (Å²) >= 11 is 0. The number of halogens is 3. The normalized spacial score (nSPS) is 22.8. The Morgan fingerprint density at radius 1 is 1.10 bits per heavy atom. The van der Waals surface area contributed by atoms with E-state index in [-0.39, 0.29) is 10.9 Å². The van der Waals surface area contributed by atoms with Gasteiger partial charge in [0.1, 0.15) is 12.4 Å². The van der Waals surface area contributed by atoms with Crippen molar-refractivity contribution in [3.63, 3.8) is 0 Å².